The number of phenols is 1. The summed E-state index contributed by atoms with van der Waals surface area (Å²) in [6.45, 7) is 1.71. The normalized spacial score (nSPS) is 20.7. The number of aliphatic hydroxyl groups is 1. The number of anilines is 1. The van der Waals surface area contributed by atoms with Crippen molar-refractivity contribution in [2.75, 3.05) is 39.6 Å². The van der Waals surface area contributed by atoms with Gasteiger partial charge in [0.05, 0.1) is 20.1 Å². The molecule has 63 heavy (non-hydrogen) atoms. The molecule has 334 valence electrons. The molecule has 7 rings (SSSR count). The SMILES string of the molecule is CNC1C=CC2CNCCC2C1CC1(CCCC(=O)CC(=O)C=C(CO)c2cc(OC)c(O)cc2Cc2cnc(N)cc2CCc2cccc(CCc3ccccc3)c2)CCCC1. The molecule has 6 N–H and O–H groups in total. The van der Waals surface area contributed by atoms with Crippen LogP contribution in [0.3, 0.4) is 0 Å². The van der Waals surface area contributed by atoms with Crippen molar-refractivity contribution in [1.29, 1.82) is 0 Å². The van der Waals surface area contributed by atoms with E-state index in [1.807, 2.05) is 12.1 Å². The first-order chi connectivity index (χ1) is 30.7. The van der Waals surface area contributed by atoms with Gasteiger partial charge in [0, 0.05) is 25.2 Å². The molecule has 2 fully saturated rings. The molecule has 9 heteroatoms. The number of aliphatic hydroxyl groups excluding tert-OH is 1. The number of nitrogen functional groups attached to an aromatic ring is 1. The Morgan fingerprint density at radius 3 is 2.43 bits per heavy atom. The van der Waals surface area contributed by atoms with Crippen molar-refractivity contribution in [2.24, 2.45) is 23.2 Å². The van der Waals surface area contributed by atoms with E-state index >= 15 is 0 Å². The van der Waals surface area contributed by atoms with Gasteiger partial charge in [-0.25, -0.2) is 4.98 Å². The maximum absolute atomic E-state index is 13.6. The number of pyridine rings is 1. The number of piperidine rings is 1. The number of nitrogens with one attached hydrogen (secondary N) is 2. The van der Waals surface area contributed by atoms with Gasteiger partial charge in [-0.05, 0) is 176 Å². The van der Waals surface area contributed by atoms with E-state index in [9.17, 15) is 19.8 Å². The third-order valence-corrected chi connectivity index (χ3v) is 14.3. The highest BCUT2D eigenvalue weighted by Crippen LogP contribution is 2.51. The third kappa shape index (κ3) is 12.1. The summed E-state index contributed by atoms with van der Waals surface area (Å²) in [5.74, 6) is 2.04. The van der Waals surface area contributed by atoms with E-state index in [0.29, 0.717) is 59.2 Å². The largest absolute Gasteiger partial charge is 0.504 e. The summed E-state index contributed by atoms with van der Waals surface area (Å²) < 4.78 is 5.48. The number of hydrogen-bond acceptors (Lipinski definition) is 9. The lowest BCUT2D eigenvalue weighted by atomic mass is 9.63. The van der Waals surface area contributed by atoms with Crippen LogP contribution in [0.25, 0.3) is 5.57 Å². The number of rotatable bonds is 21. The number of Topliss-reactive ketones (excluding diaryl/α,β-unsaturated/α-hetero) is 1. The number of fused-ring (bicyclic) bond motifs is 1. The number of ketones is 2. The standard InChI is InChI=1S/C54H68N4O5/c1-56-50-20-19-41-34-57-25-21-47(41)49(50)33-54(22-6-7-23-54)24-9-14-45(60)31-46(61)28-44(36-59)48-32-52(63-2)51(62)29-42(48)27-43-35-58-53(55)30-40(43)18-17-39-13-8-12-38(26-39)16-15-37-10-4-3-5-11-37/h3-5,8,10-13,19-20,26,28-30,32,35,41,47,49-50,56-57,59,62H,6-7,9,14-18,21-25,27,31,33-34,36H2,1-2H3,(H2,55,58). The smallest absolute Gasteiger partial charge is 0.163 e. The number of carbonyl (C=O) groups excluding carboxylic acids is 2. The van der Waals surface area contributed by atoms with Crippen molar-refractivity contribution in [3.05, 3.63) is 136 Å². The molecule has 4 atom stereocenters. The molecule has 4 aromatic rings. The van der Waals surface area contributed by atoms with E-state index in [-0.39, 0.29) is 34.9 Å². The van der Waals surface area contributed by atoms with E-state index in [4.69, 9.17) is 10.5 Å². The number of allylic oxidation sites excluding steroid dienone is 1. The second kappa shape index (κ2) is 22.0. The Hall–Kier alpha value is -5.09. The Balaban J connectivity index is 1.00. The van der Waals surface area contributed by atoms with Gasteiger partial charge in [0.25, 0.3) is 0 Å². The average molecular weight is 853 g/mol. The van der Waals surface area contributed by atoms with Crippen LogP contribution >= 0.6 is 0 Å². The van der Waals surface area contributed by atoms with Gasteiger partial charge >= 0.3 is 0 Å². The lowest BCUT2D eigenvalue weighted by molar-refractivity contribution is -0.124. The zero-order valence-corrected chi connectivity index (χ0v) is 37.4. The van der Waals surface area contributed by atoms with E-state index in [0.717, 1.165) is 62.7 Å². The fraction of sp³-hybridized carbons (Fsp3) is 0.463. The van der Waals surface area contributed by atoms with Crippen LogP contribution in [-0.4, -0.2) is 66.7 Å². The van der Waals surface area contributed by atoms with Gasteiger partial charge in [-0.15, -0.1) is 0 Å². The molecule has 2 aliphatic carbocycles. The predicted molar refractivity (Wildman–Crippen MR) is 253 cm³/mol. The molecule has 0 bridgehead atoms. The Morgan fingerprint density at radius 1 is 0.937 bits per heavy atom. The number of methoxy groups -OCH3 is 1. The maximum atomic E-state index is 13.6. The van der Waals surface area contributed by atoms with Gasteiger partial charge in [0.1, 0.15) is 11.6 Å². The minimum absolute atomic E-state index is 0.0515. The molecule has 1 saturated carbocycles. The molecule has 1 aliphatic heterocycles. The molecule has 3 aromatic carbocycles. The number of aryl methyl sites for hydroxylation is 4. The molecule has 1 aromatic heterocycles. The first-order valence-corrected chi connectivity index (χ1v) is 23.3. The zero-order valence-electron chi connectivity index (χ0n) is 37.4. The highest BCUT2D eigenvalue weighted by molar-refractivity contribution is 6.07. The number of benzene rings is 3. The van der Waals surface area contributed by atoms with Gasteiger partial charge in [0.2, 0.25) is 0 Å². The van der Waals surface area contributed by atoms with Crippen LogP contribution in [0.5, 0.6) is 11.5 Å². The molecule has 4 unspecified atom stereocenters. The summed E-state index contributed by atoms with van der Waals surface area (Å²) in [6.07, 6.45) is 21.1. The molecule has 3 aliphatic rings. The first-order valence-electron chi connectivity index (χ1n) is 23.3. The van der Waals surface area contributed by atoms with Gasteiger partial charge in [-0.1, -0.05) is 79.6 Å². The van der Waals surface area contributed by atoms with E-state index in [1.165, 1.54) is 68.4 Å². The molecule has 0 radical (unpaired) electrons. The Bertz CT molecular complexity index is 2230. The number of aromatic hydroxyl groups is 1. The van der Waals surface area contributed by atoms with Crippen molar-refractivity contribution in [3.8, 4) is 11.5 Å². The van der Waals surface area contributed by atoms with Crippen molar-refractivity contribution in [3.63, 3.8) is 0 Å². The van der Waals surface area contributed by atoms with Gasteiger partial charge in [-0.3, -0.25) is 9.59 Å². The zero-order chi connectivity index (χ0) is 44.2. The minimum Gasteiger partial charge on any atom is -0.504 e. The summed E-state index contributed by atoms with van der Waals surface area (Å²) in [5, 5.41) is 28.8. The van der Waals surface area contributed by atoms with Crippen LogP contribution in [0.15, 0.2) is 97.2 Å². The molecule has 2 heterocycles. The minimum atomic E-state index is -0.432. The van der Waals surface area contributed by atoms with E-state index in [2.05, 4.69) is 83.3 Å². The summed E-state index contributed by atoms with van der Waals surface area (Å²) in [5.41, 5.74) is 13.9. The molecular formula is C54H68N4O5. The summed E-state index contributed by atoms with van der Waals surface area (Å²) >= 11 is 0. The second-order valence-corrected chi connectivity index (χ2v) is 18.5. The number of likely N-dealkylation sites (N-methyl/N-ethyl adjacent to an activating group) is 1. The van der Waals surface area contributed by atoms with Gasteiger partial charge in [-0.2, -0.15) is 0 Å². The van der Waals surface area contributed by atoms with Crippen LogP contribution in [0.1, 0.15) is 103 Å². The summed E-state index contributed by atoms with van der Waals surface area (Å²) in [7, 11) is 3.55. The summed E-state index contributed by atoms with van der Waals surface area (Å²) in [6, 6.07) is 24.8. The number of carbonyl (C=O) groups is 2. The predicted octanol–water partition coefficient (Wildman–Crippen LogP) is 8.56. The lowest BCUT2D eigenvalue weighted by Gasteiger charge is -2.46. The highest BCUT2D eigenvalue weighted by atomic mass is 16.5. The molecule has 0 amide bonds. The fourth-order valence-electron chi connectivity index (χ4n) is 11.0. The number of nitrogens with zero attached hydrogens (tertiary/aromatic N) is 1. The molecule has 0 spiro atoms. The lowest BCUT2D eigenvalue weighted by Crippen LogP contribution is -2.49. The number of hydrogen-bond donors (Lipinski definition) is 5. The number of ether oxygens (including phenoxy) is 1. The number of nitrogens with two attached hydrogens (primary N) is 1. The second-order valence-electron chi connectivity index (χ2n) is 18.5. The number of aromatic nitrogens is 1. The monoisotopic (exact) mass is 853 g/mol. The van der Waals surface area contributed by atoms with Crippen LogP contribution < -0.4 is 21.1 Å². The van der Waals surface area contributed by atoms with Crippen LogP contribution in [-0.2, 0) is 41.7 Å². The van der Waals surface area contributed by atoms with Crippen molar-refractivity contribution in [1.82, 2.24) is 15.6 Å². The van der Waals surface area contributed by atoms with Crippen molar-refractivity contribution >= 4 is 23.0 Å². The van der Waals surface area contributed by atoms with Crippen molar-refractivity contribution in [2.45, 2.75) is 102 Å². The quantitative estimate of drug-likeness (QED) is 0.0316. The number of phenolic OH excluding ortho intramolecular Hbond substituents is 1. The fourth-order valence-corrected chi connectivity index (χ4v) is 11.0. The van der Waals surface area contributed by atoms with Crippen LogP contribution in [0, 0.1) is 23.2 Å². The topological polar surface area (TPSA) is 147 Å². The molecule has 9 nitrogen and oxygen atoms in total. The Kier molecular flexibility index (Phi) is 16.0. The summed E-state index contributed by atoms with van der Waals surface area (Å²) in [4.78, 5) is 31.4. The molecular weight excluding hydrogens is 785 g/mol. The molecule has 1 saturated heterocycles. The van der Waals surface area contributed by atoms with Crippen molar-refractivity contribution < 1.29 is 24.5 Å². The average Bonchev–Trinajstić information content (AvgIpc) is 3.76. The van der Waals surface area contributed by atoms with E-state index < -0.39 is 6.61 Å². The van der Waals surface area contributed by atoms with Gasteiger partial charge < -0.3 is 31.3 Å². The van der Waals surface area contributed by atoms with Gasteiger partial charge in [0.15, 0.2) is 17.3 Å². The van der Waals surface area contributed by atoms with E-state index in [1.54, 1.807) is 18.3 Å². The van der Waals surface area contributed by atoms with Crippen LogP contribution in [0.4, 0.5) is 5.82 Å². The highest BCUT2D eigenvalue weighted by Gasteiger charge is 2.43. The first kappa shape index (κ1) is 45.9. The van der Waals surface area contributed by atoms with Crippen LogP contribution in [0.2, 0.25) is 0 Å². The third-order valence-electron chi connectivity index (χ3n) is 14.3. The maximum Gasteiger partial charge on any atom is 0.163 e. The Morgan fingerprint density at radius 2 is 1.68 bits per heavy atom. The Labute approximate surface area is 374 Å².